The minimum absolute atomic E-state index is 0.613. The van der Waals surface area contributed by atoms with Gasteiger partial charge in [0, 0.05) is 49.5 Å². The summed E-state index contributed by atoms with van der Waals surface area (Å²) in [6.45, 7) is 0. The predicted molar refractivity (Wildman–Crippen MR) is 254 cm³/mol. The molecule has 0 aliphatic rings. The van der Waals surface area contributed by atoms with Gasteiger partial charge in [-0.1, -0.05) is 182 Å². The number of benzene rings is 9. The normalized spacial score (nSPS) is 11.5. The van der Waals surface area contributed by atoms with Crippen molar-refractivity contribution in [2.45, 2.75) is 0 Å². The molecule has 12 aromatic rings. The second-order valence-electron chi connectivity index (χ2n) is 15.6. The van der Waals surface area contributed by atoms with Crippen LogP contribution in [0.15, 0.2) is 223 Å². The molecule has 3 heterocycles. The Labute approximate surface area is 357 Å². The number of nitrogens with zero attached hydrogens (tertiary/aromatic N) is 4. The van der Waals surface area contributed by atoms with Gasteiger partial charge in [0.2, 0.25) is 0 Å². The maximum absolute atomic E-state index is 6.64. The SMILES string of the molecule is c1ccc(-c2ccc(-c3nc(-c4ccccc4)nc(-c4cccc(-n5c6ccccc6c6cc(-c7cccc8oc9c(-c%10ccccc%10)cccc9c78)ccc65)c4)n3)cc2)cc1. The Morgan fingerprint density at radius 2 is 0.839 bits per heavy atom. The van der Waals surface area contributed by atoms with Crippen molar-refractivity contribution in [2.24, 2.45) is 0 Å². The molecule has 290 valence electrons. The van der Waals surface area contributed by atoms with Gasteiger partial charge in [0.25, 0.3) is 0 Å². The van der Waals surface area contributed by atoms with E-state index in [4.69, 9.17) is 19.4 Å². The quantitative estimate of drug-likeness (QED) is 0.161. The molecule has 0 amide bonds. The molecule has 12 rings (SSSR count). The molecule has 0 radical (unpaired) electrons. The summed E-state index contributed by atoms with van der Waals surface area (Å²) in [5.41, 5.74) is 14.6. The Kier molecular flexibility index (Phi) is 8.42. The number of aromatic nitrogens is 4. The second-order valence-corrected chi connectivity index (χ2v) is 15.6. The van der Waals surface area contributed by atoms with Gasteiger partial charge in [-0.2, -0.15) is 0 Å². The molecule has 0 bridgehead atoms. The predicted octanol–water partition coefficient (Wildman–Crippen LogP) is 14.9. The van der Waals surface area contributed by atoms with Crippen LogP contribution in [-0.4, -0.2) is 19.5 Å². The summed E-state index contributed by atoms with van der Waals surface area (Å²) in [4.78, 5) is 15.2. The van der Waals surface area contributed by atoms with E-state index >= 15 is 0 Å². The van der Waals surface area contributed by atoms with Crippen LogP contribution in [0.3, 0.4) is 0 Å². The number of hydrogen-bond acceptors (Lipinski definition) is 4. The summed E-state index contributed by atoms with van der Waals surface area (Å²) in [5.74, 6) is 1.87. The van der Waals surface area contributed by atoms with E-state index in [9.17, 15) is 0 Å². The third kappa shape index (κ3) is 6.06. The highest BCUT2D eigenvalue weighted by Gasteiger charge is 2.19. The first-order valence-electron chi connectivity index (χ1n) is 20.8. The first-order chi connectivity index (χ1) is 30.7. The molecule has 0 saturated carbocycles. The molecule has 9 aromatic carbocycles. The van der Waals surface area contributed by atoms with Crippen LogP contribution in [0.5, 0.6) is 0 Å². The maximum Gasteiger partial charge on any atom is 0.164 e. The van der Waals surface area contributed by atoms with Gasteiger partial charge in [0.1, 0.15) is 11.2 Å². The fourth-order valence-corrected chi connectivity index (χ4v) is 8.93. The lowest BCUT2D eigenvalue weighted by Gasteiger charge is -2.12. The van der Waals surface area contributed by atoms with Crippen LogP contribution in [0.25, 0.3) is 117 Å². The van der Waals surface area contributed by atoms with Crippen molar-refractivity contribution in [1.82, 2.24) is 19.5 Å². The average Bonchev–Trinajstić information content (AvgIpc) is 3.91. The molecular formula is C57H36N4O. The summed E-state index contributed by atoms with van der Waals surface area (Å²) >= 11 is 0. The summed E-state index contributed by atoms with van der Waals surface area (Å²) < 4.78 is 8.98. The molecule has 0 saturated heterocycles. The second kappa shape index (κ2) is 14.7. The molecule has 0 N–H and O–H groups in total. The van der Waals surface area contributed by atoms with Gasteiger partial charge < -0.3 is 8.98 Å². The third-order valence-electron chi connectivity index (χ3n) is 11.9. The summed E-state index contributed by atoms with van der Waals surface area (Å²) in [7, 11) is 0. The van der Waals surface area contributed by atoms with Crippen molar-refractivity contribution in [3.05, 3.63) is 218 Å². The fourth-order valence-electron chi connectivity index (χ4n) is 8.93. The van der Waals surface area contributed by atoms with E-state index in [1.54, 1.807) is 0 Å². The van der Waals surface area contributed by atoms with Crippen LogP contribution in [-0.2, 0) is 0 Å². The van der Waals surface area contributed by atoms with Crippen LogP contribution >= 0.6 is 0 Å². The molecule has 0 unspecified atom stereocenters. The third-order valence-corrected chi connectivity index (χ3v) is 11.9. The average molecular weight is 793 g/mol. The number of fused-ring (bicyclic) bond motifs is 6. The molecule has 62 heavy (non-hydrogen) atoms. The van der Waals surface area contributed by atoms with Crippen LogP contribution in [0.4, 0.5) is 0 Å². The van der Waals surface area contributed by atoms with Crippen LogP contribution in [0.1, 0.15) is 0 Å². The number of rotatable bonds is 7. The van der Waals surface area contributed by atoms with Crippen molar-refractivity contribution in [3.63, 3.8) is 0 Å². The van der Waals surface area contributed by atoms with Crippen LogP contribution < -0.4 is 0 Å². The maximum atomic E-state index is 6.64. The lowest BCUT2D eigenvalue weighted by molar-refractivity contribution is 0.670. The Morgan fingerprint density at radius 3 is 1.60 bits per heavy atom. The summed E-state index contributed by atoms with van der Waals surface area (Å²) in [6, 6.07) is 76.3. The van der Waals surface area contributed by atoms with Gasteiger partial charge in [-0.3, -0.25) is 0 Å². The first kappa shape index (κ1) is 35.5. The van der Waals surface area contributed by atoms with Gasteiger partial charge in [0.15, 0.2) is 17.5 Å². The molecule has 0 spiro atoms. The highest BCUT2D eigenvalue weighted by atomic mass is 16.3. The standard InChI is InChI=1S/C57H36N4O/c1-4-15-37(16-5-1)38-29-31-41(32-30-38)56-58-55(40-19-8-3-9-20-40)59-57(60-56)43-21-12-22-44(35-43)61-50-27-11-10-23-47(50)49-36-42(33-34-51(49)61)45-24-14-28-52-53(45)48-26-13-25-46(54(48)62-52)39-17-6-2-7-18-39/h1-36H. The van der Waals surface area contributed by atoms with Crippen LogP contribution in [0.2, 0.25) is 0 Å². The molecule has 0 aliphatic heterocycles. The van der Waals surface area contributed by atoms with Gasteiger partial charge in [-0.15, -0.1) is 0 Å². The highest BCUT2D eigenvalue weighted by Crippen LogP contribution is 2.42. The van der Waals surface area contributed by atoms with Crippen molar-refractivity contribution in [3.8, 4) is 73.2 Å². The van der Waals surface area contributed by atoms with E-state index in [0.717, 1.165) is 83.2 Å². The number of furan rings is 1. The molecular weight excluding hydrogens is 757 g/mol. The molecule has 5 nitrogen and oxygen atoms in total. The zero-order chi connectivity index (χ0) is 41.0. The molecule has 0 atom stereocenters. The fraction of sp³-hybridized carbons (Fsp3) is 0. The highest BCUT2D eigenvalue weighted by molar-refractivity contribution is 6.17. The van der Waals surface area contributed by atoms with E-state index in [2.05, 4.69) is 180 Å². The monoisotopic (exact) mass is 792 g/mol. The summed E-state index contributed by atoms with van der Waals surface area (Å²) in [5, 5.41) is 4.58. The lowest BCUT2D eigenvalue weighted by atomic mass is 9.96. The Bertz CT molecular complexity index is 3610. The topological polar surface area (TPSA) is 56.7 Å². The minimum atomic E-state index is 0.613. The first-order valence-corrected chi connectivity index (χ1v) is 20.8. The van der Waals surface area contributed by atoms with Crippen LogP contribution in [0, 0.1) is 0 Å². The van der Waals surface area contributed by atoms with E-state index in [-0.39, 0.29) is 0 Å². The van der Waals surface area contributed by atoms with Crippen molar-refractivity contribution < 1.29 is 4.42 Å². The Balaban J connectivity index is 0.980. The smallest absolute Gasteiger partial charge is 0.164 e. The Hall–Kier alpha value is -8.41. The largest absolute Gasteiger partial charge is 0.455 e. The molecule has 0 fully saturated rings. The van der Waals surface area contributed by atoms with E-state index in [1.807, 2.05) is 42.5 Å². The molecule has 0 aliphatic carbocycles. The number of hydrogen-bond donors (Lipinski definition) is 0. The van der Waals surface area contributed by atoms with Gasteiger partial charge in [-0.05, 0) is 64.2 Å². The van der Waals surface area contributed by atoms with Crippen molar-refractivity contribution in [2.75, 3.05) is 0 Å². The van der Waals surface area contributed by atoms with E-state index in [1.165, 1.54) is 16.3 Å². The van der Waals surface area contributed by atoms with Crippen molar-refractivity contribution in [1.29, 1.82) is 0 Å². The zero-order valence-electron chi connectivity index (χ0n) is 33.5. The molecule has 5 heteroatoms. The van der Waals surface area contributed by atoms with E-state index < -0.39 is 0 Å². The van der Waals surface area contributed by atoms with Gasteiger partial charge in [0.05, 0.1) is 11.0 Å². The van der Waals surface area contributed by atoms with E-state index in [0.29, 0.717) is 17.5 Å². The zero-order valence-corrected chi connectivity index (χ0v) is 33.5. The Morgan fingerprint density at radius 1 is 0.323 bits per heavy atom. The molecule has 3 aromatic heterocycles. The van der Waals surface area contributed by atoms with Crippen molar-refractivity contribution >= 4 is 43.7 Å². The minimum Gasteiger partial charge on any atom is -0.455 e. The number of para-hydroxylation sites is 2. The van der Waals surface area contributed by atoms with Gasteiger partial charge in [-0.25, -0.2) is 15.0 Å². The lowest BCUT2D eigenvalue weighted by Crippen LogP contribution is -2.01. The van der Waals surface area contributed by atoms with Gasteiger partial charge >= 0.3 is 0 Å². The summed E-state index contributed by atoms with van der Waals surface area (Å²) in [6.07, 6.45) is 0.